The number of rotatable bonds is 6. The number of hydrogen-bond acceptors (Lipinski definition) is 4. The summed E-state index contributed by atoms with van der Waals surface area (Å²) < 4.78 is 18.6. The third kappa shape index (κ3) is 4.65. The molecule has 0 aliphatic heterocycles. The van der Waals surface area contributed by atoms with Crippen molar-refractivity contribution in [3.8, 4) is 11.5 Å². The summed E-state index contributed by atoms with van der Waals surface area (Å²) in [7, 11) is 0. The standard InChI is InChI=1S/C16H21FN2O2/c1-4-19(11-16(2,3)20)9-14-10-21-15(18-14)12-6-5-7-13(17)8-12/h5-8,10,20H,4,9,11H2,1-3H3. The number of benzene rings is 1. The van der Waals surface area contributed by atoms with Gasteiger partial charge in [0, 0.05) is 18.7 Å². The van der Waals surface area contributed by atoms with E-state index in [1.807, 2.05) is 6.92 Å². The lowest BCUT2D eigenvalue weighted by Crippen LogP contribution is -2.38. The first-order chi connectivity index (χ1) is 9.87. The van der Waals surface area contributed by atoms with Gasteiger partial charge in [-0.1, -0.05) is 13.0 Å². The van der Waals surface area contributed by atoms with Crippen LogP contribution in [0.2, 0.25) is 0 Å². The van der Waals surface area contributed by atoms with Gasteiger partial charge in [0.25, 0.3) is 0 Å². The molecule has 0 bridgehead atoms. The minimum absolute atomic E-state index is 0.315. The van der Waals surface area contributed by atoms with Crippen LogP contribution in [0, 0.1) is 5.82 Å². The Labute approximate surface area is 124 Å². The summed E-state index contributed by atoms with van der Waals surface area (Å²) in [5, 5.41) is 9.88. The molecule has 21 heavy (non-hydrogen) atoms. The van der Waals surface area contributed by atoms with Crippen LogP contribution in [0.5, 0.6) is 0 Å². The number of hydrogen-bond donors (Lipinski definition) is 1. The van der Waals surface area contributed by atoms with Gasteiger partial charge in [0.15, 0.2) is 0 Å². The molecule has 0 saturated heterocycles. The van der Waals surface area contributed by atoms with Crippen LogP contribution in [-0.2, 0) is 6.54 Å². The van der Waals surface area contributed by atoms with Crippen LogP contribution >= 0.6 is 0 Å². The van der Waals surface area contributed by atoms with Gasteiger partial charge in [-0.25, -0.2) is 9.37 Å². The Morgan fingerprint density at radius 3 is 2.76 bits per heavy atom. The summed E-state index contributed by atoms with van der Waals surface area (Å²) in [6.07, 6.45) is 1.58. The van der Waals surface area contributed by atoms with Gasteiger partial charge in [0.1, 0.15) is 12.1 Å². The van der Waals surface area contributed by atoms with Gasteiger partial charge < -0.3 is 9.52 Å². The van der Waals surface area contributed by atoms with Crippen LogP contribution in [0.15, 0.2) is 34.9 Å². The van der Waals surface area contributed by atoms with Crippen LogP contribution in [0.3, 0.4) is 0 Å². The SMILES string of the molecule is CCN(Cc1coc(-c2cccc(F)c2)n1)CC(C)(C)O. The highest BCUT2D eigenvalue weighted by molar-refractivity contribution is 5.52. The van der Waals surface area contributed by atoms with Crippen LogP contribution in [0.4, 0.5) is 4.39 Å². The summed E-state index contributed by atoms with van der Waals surface area (Å²) >= 11 is 0. The van der Waals surface area contributed by atoms with Gasteiger partial charge in [-0.05, 0) is 38.6 Å². The Morgan fingerprint density at radius 1 is 1.38 bits per heavy atom. The van der Waals surface area contributed by atoms with Gasteiger partial charge in [-0.3, -0.25) is 4.90 Å². The molecule has 0 radical (unpaired) electrons. The van der Waals surface area contributed by atoms with E-state index in [1.165, 1.54) is 12.1 Å². The first-order valence-electron chi connectivity index (χ1n) is 7.02. The number of aliphatic hydroxyl groups is 1. The van der Waals surface area contributed by atoms with E-state index in [0.29, 0.717) is 24.5 Å². The lowest BCUT2D eigenvalue weighted by molar-refractivity contribution is 0.0349. The molecule has 1 aromatic carbocycles. The van der Waals surface area contributed by atoms with Gasteiger partial charge >= 0.3 is 0 Å². The molecule has 114 valence electrons. The normalized spacial score (nSPS) is 12.1. The summed E-state index contributed by atoms with van der Waals surface area (Å²) in [6, 6.07) is 6.16. The minimum atomic E-state index is -0.759. The fourth-order valence-corrected chi connectivity index (χ4v) is 2.19. The minimum Gasteiger partial charge on any atom is -0.444 e. The molecule has 2 aromatic rings. The van der Waals surface area contributed by atoms with Gasteiger partial charge in [0.05, 0.1) is 11.3 Å². The van der Waals surface area contributed by atoms with E-state index < -0.39 is 5.60 Å². The molecule has 1 aromatic heterocycles. The highest BCUT2D eigenvalue weighted by Crippen LogP contribution is 2.20. The predicted molar refractivity (Wildman–Crippen MR) is 79.1 cm³/mol. The molecule has 0 saturated carbocycles. The first kappa shape index (κ1) is 15.7. The number of aromatic nitrogens is 1. The molecule has 0 amide bonds. The van der Waals surface area contributed by atoms with Crippen molar-refractivity contribution in [2.24, 2.45) is 0 Å². The number of nitrogens with zero attached hydrogens (tertiary/aromatic N) is 2. The van der Waals surface area contributed by atoms with E-state index in [4.69, 9.17) is 4.42 Å². The maximum Gasteiger partial charge on any atom is 0.226 e. The first-order valence-corrected chi connectivity index (χ1v) is 7.02. The van der Waals surface area contributed by atoms with Crippen molar-refractivity contribution in [3.05, 3.63) is 42.0 Å². The monoisotopic (exact) mass is 292 g/mol. The second-order valence-corrected chi connectivity index (χ2v) is 5.77. The Bertz CT molecular complexity index is 590. The molecular weight excluding hydrogens is 271 g/mol. The maximum atomic E-state index is 13.2. The molecular formula is C16H21FN2O2. The van der Waals surface area contributed by atoms with Crippen molar-refractivity contribution < 1.29 is 13.9 Å². The average molecular weight is 292 g/mol. The molecule has 0 unspecified atom stereocenters. The fraction of sp³-hybridized carbons (Fsp3) is 0.438. The number of likely N-dealkylation sites (N-methyl/N-ethyl adjacent to an activating group) is 1. The largest absolute Gasteiger partial charge is 0.444 e. The second kappa shape index (κ2) is 6.37. The smallest absolute Gasteiger partial charge is 0.226 e. The Hall–Kier alpha value is -1.72. The summed E-state index contributed by atoms with van der Waals surface area (Å²) in [5.41, 5.74) is 0.623. The van der Waals surface area contributed by atoms with Crippen LogP contribution in [0.25, 0.3) is 11.5 Å². The molecule has 0 fully saturated rings. The molecule has 0 aliphatic rings. The van der Waals surface area contributed by atoms with Crippen molar-refractivity contribution >= 4 is 0 Å². The van der Waals surface area contributed by atoms with E-state index in [2.05, 4.69) is 9.88 Å². The van der Waals surface area contributed by atoms with E-state index >= 15 is 0 Å². The van der Waals surface area contributed by atoms with Crippen molar-refractivity contribution in [1.82, 2.24) is 9.88 Å². The third-order valence-electron chi connectivity index (χ3n) is 3.07. The molecule has 5 heteroatoms. The van der Waals surface area contributed by atoms with E-state index in [1.54, 1.807) is 32.2 Å². The summed E-state index contributed by atoms with van der Waals surface area (Å²) in [6.45, 7) is 7.50. The Balaban J connectivity index is 2.09. The zero-order valence-corrected chi connectivity index (χ0v) is 12.6. The maximum absolute atomic E-state index is 13.2. The van der Waals surface area contributed by atoms with Gasteiger partial charge in [-0.2, -0.15) is 0 Å². The van der Waals surface area contributed by atoms with Crippen LogP contribution in [0.1, 0.15) is 26.5 Å². The summed E-state index contributed by atoms with van der Waals surface area (Å²) in [4.78, 5) is 6.46. The number of oxazole rings is 1. The number of halogens is 1. The third-order valence-corrected chi connectivity index (χ3v) is 3.07. The van der Waals surface area contributed by atoms with Crippen molar-refractivity contribution in [2.75, 3.05) is 13.1 Å². The molecule has 4 nitrogen and oxygen atoms in total. The molecule has 1 N–H and O–H groups in total. The lowest BCUT2D eigenvalue weighted by atomic mass is 10.1. The van der Waals surface area contributed by atoms with E-state index in [9.17, 15) is 9.50 Å². The highest BCUT2D eigenvalue weighted by Gasteiger charge is 2.18. The Morgan fingerprint density at radius 2 is 2.14 bits per heavy atom. The Kier molecular flexibility index (Phi) is 4.75. The van der Waals surface area contributed by atoms with E-state index in [0.717, 1.165) is 12.2 Å². The van der Waals surface area contributed by atoms with Gasteiger partial charge in [-0.15, -0.1) is 0 Å². The molecule has 0 aliphatic carbocycles. The van der Waals surface area contributed by atoms with Crippen molar-refractivity contribution in [3.63, 3.8) is 0 Å². The molecule has 2 rings (SSSR count). The topological polar surface area (TPSA) is 49.5 Å². The zero-order chi connectivity index (χ0) is 15.5. The zero-order valence-electron chi connectivity index (χ0n) is 12.6. The quantitative estimate of drug-likeness (QED) is 0.889. The average Bonchev–Trinajstić information content (AvgIpc) is 2.85. The van der Waals surface area contributed by atoms with Crippen molar-refractivity contribution in [2.45, 2.75) is 32.9 Å². The molecule has 1 heterocycles. The highest BCUT2D eigenvalue weighted by atomic mass is 19.1. The lowest BCUT2D eigenvalue weighted by Gasteiger charge is -2.27. The molecule has 0 spiro atoms. The fourth-order valence-electron chi connectivity index (χ4n) is 2.19. The van der Waals surface area contributed by atoms with Crippen LogP contribution in [-0.4, -0.2) is 33.7 Å². The second-order valence-electron chi connectivity index (χ2n) is 5.77. The molecule has 0 atom stereocenters. The predicted octanol–water partition coefficient (Wildman–Crippen LogP) is 3.07. The van der Waals surface area contributed by atoms with Gasteiger partial charge in [0.2, 0.25) is 5.89 Å². The van der Waals surface area contributed by atoms with Crippen LogP contribution < -0.4 is 0 Å². The summed E-state index contributed by atoms with van der Waals surface area (Å²) in [5.74, 6) is 0.0910. The van der Waals surface area contributed by atoms with Crippen molar-refractivity contribution in [1.29, 1.82) is 0 Å². The van der Waals surface area contributed by atoms with E-state index in [-0.39, 0.29) is 5.82 Å².